The van der Waals surface area contributed by atoms with E-state index in [2.05, 4.69) is 160 Å². The van der Waals surface area contributed by atoms with Gasteiger partial charge in [-0.25, -0.2) is 0 Å². The zero-order chi connectivity index (χ0) is 34.4. The third kappa shape index (κ3) is 5.02. The van der Waals surface area contributed by atoms with Gasteiger partial charge in [-0.15, -0.1) is 22.7 Å². The van der Waals surface area contributed by atoms with E-state index in [0.717, 1.165) is 12.8 Å². The van der Waals surface area contributed by atoms with E-state index in [1.165, 1.54) is 112 Å². The van der Waals surface area contributed by atoms with Crippen molar-refractivity contribution in [3.8, 4) is 16.8 Å². The molecule has 7 aromatic carbocycles. The first-order valence-corrected chi connectivity index (χ1v) is 19.5. The number of thiophene rings is 2. The molecule has 0 aliphatic rings. The molecule has 0 N–H and O–H groups in total. The average molecular weight is 692 g/mol. The van der Waals surface area contributed by atoms with E-state index in [-0.39, 0.29) is 0 Å². The summed E-state index contributed by atoms with van der Waals surface area (Å²) in [7, 11) is 0. The van der Waals surface area contributed by atoms with E-state index in [1.54, 1.807) is 0 Å². The molecule has 0 spiro atoms. The minimum atomic E-state index is 0.978. The van der Waals surface area contributed by atoms with Crippen LogP contribution in [0.3, 0.4) is 0 Å². The Kier molecular flexibility index (Phi) is 7.00. The van der Waals surface area contributed by atoms with Crippen LogP contribution in [0, 0.1) is 27.7 Å². The summed E-state index contributed by atoms with van der Waals surface area (Å²) in [5.41, 5.74) is 14.4. The largest absolute Gasteiger partial charge is 0.309 e. The van der Waals surface area contributed by atoms with E-state index in [1.807, 2.05) is 22.7 Å². The molecule has 1 nitrogen and oxygen atoms in total. The van der Waals surface area contributed by atoms with E-state index in [9.17, 15) is 0 Å². The van der Waals surface area contributed by atoms with E-state index < -0.39 is 0 Å². The standard InChI is InChI=1S/C48H37NS2/c1-28-12-19-44-38(20-28)40-21-31(4)22-41(48(40)51-44)39-25-33(27-46-47(39)37-17-11-30(3)24-45(37)50-46)14-13-32-15-18-36-35-16-10-29(2)23-42(35)49(43(36)26-32)34-8-6-5-7-9-34/h5-12,15-27H,13-14H2,1-4H3. The highest BCUT2D eigenvalue weighted by molar-refractivity contribution is 7.26. The Hall–Kier alpha value is -5.22. The minimum Gasteiger partial charge on any atom is -0.309 e. The van der Waals surface area contributed by atoms with Gasteiger partial charge in [0, 0.05) is 62.4 Å². The number of hydrogen-bond acceptors (Lipinski definition) is 2. The number of fused-ring (bicyclic) bond motifs is 9. The van der Waals surface area contributed by atoms with Gasteiger partial charge in [0.1, 0.15) is 0 Å². The first-order valence-electron chi connectivity index (χ1n) is 17.9. The van der Waals surface area contributed by atoms with Crippen LogP contribution in [0.5, 0.6) is 0 Å². The summed E-state index contributed by atoms with van der Waals surface area (Å²) in [4.78, 5) is 0. The van der Waals surface area contributed by atoms with Crippen molar-refractivity contribution >= 4 is 84.8 Å². The van der Waals surface area contributed by atoms with E-state index in [0.29, 0.717) is 0 Å². The molecule has 51 heavy (non-hydrogen) atoms. The molecule has 3 heterocycles. The van der Waals surface area contributed by atoms with Gasteiger partial charge in [0.25, 0.3) is 0 Å². The Balaban J connectivity index is 1.13. The molecule has 0 saturated carbocycles. The highest BCUT2D eigenvalue weighted by atomic mass is 32.1. The van der Waals surface area contributed by atoms with Gasteiger partial charge in [-0.1, -0.05) is 72.3 Å². The van der Waals surface area contributed by atoms with Crippen molar-refractivity contribution in [3.63, 3.8) is 0 Å². The second-order valence-electron chi connectivity index (χ2n) is 14.5. The van der Waals surface area contributed by atoms with Crippen LogP contribution in [0.15, 0.2) is 127 Å². The molecule has 246 valence electrons. The zero-order valence-electron chi connectivity index (χ0n) is 29.3. The summed E-state index contributed by atoms with van der Waals surface area (Å²) < 4.78 is 7.94. The van der Waals surface area contributed by atoms with Gasteiger partial charge >= 0.3 is 0 Å². The molecule has 3 heteroatoms. The van der Waals surface area contributed by atoms with Gasteiger partial charge in [-0.3, -0.25) is 0 Å². The fourth-order valence-corrected chi connectivity index (χ4v) is 10.7. The number of nitrogens with zero attached hydrogens (tertiary/aromatic N) is 1. The normalized spacial score (nSPS) is 12.1. The second-order valence-corrected chi connectivity index (χ2v) is 16.6. The molecule has 0 radical (unpaired) electrons. The maximum atomic E-state index is 2.51. The molecular weight excluding hydrogens is 655 g/mol. The first-order chi connectivity index (χ1) is 24.9. The summed E-state index contributed by atoms with van der Waals surface area (Å²) >= 11 is 3.88. The monoisotopic (exact) mass is 691 g/mol. The lowest BCUT2D eigenvalue weighted by Crippen LogP contribution is -1.96. The number of aryl methyl sites for hydroxylation is 6. The van der Waals surface area contributed by atoms with Crippen molar-refractivity contribution in [2.24, 2.45) is 0 Å². The maximum absolute atomic E-state index is 2.51. The Morgan fingerprint density at radius 2 is 1.12 bits per heavy atom. The molecule has 0 fully saturated rings. The Bertz CT molecular complexity index is 3010. The smallest absolute Gasteiger partial charge is 0.0543 e. The van der Waals surface area contributed by atoms with Crippen LogP contribution in [-0.4, -0.2) is 4.57 Å². The van der Waals surface area contributed by atoms with E-state index >= 15 is 0 Å². The first kappa shape index (κ1) is 30.6. The van der Waals surface area contributed by atoms with Gasteiger partial charge < -0.3 is 4.57 Å². The molecule has 10 rings (SSSR count). The molecule has 0 atom stereocenters. The average Bonchev–Trinajstić information content (AvgIpc) is 3.78. The van der Waals surface area contributed by atoms with Crippen LogP contribution in [0.2, 0.25) is 0 Å². The Morgan fingerprint density at radius 3 is 1.96 bits per heavy atom. The van der Waals surface area contributed by atoms with Gasteiger partial charge in [-0.05, 0) is 135 Å². The summed E-state index contributed by atoms with van der Waals surface area (Å²) in [6.07, 6.45) is 1.96. The summed E-state index contributed by atoms with van der Waals surface area (Å²) in [6, 6.07) is 48.5. The number of benzene rings is 7. The van der Waals surface area contributed by atoms with Crippen molar-refractivity contribution in [3.05, 3.63) is 161 Å². The van der Waals surface area contributed by atoms with E-state index in [4.69, 9.17) is 0 Å². The van der Waals surface area contributed by atoms with Gasteiger partial charge in [0.15, 0.2) is 0 Å². The second kappa shape index (κ2) is 11.7. The van der Waals surface area contributed by atoms with Crippen LogP contribution in [0.4, 0.5) is 0 Å². The summed E-state index contributed by atoms with van der Waals surface area (Å²) in [5.74, 6) is 0. The number of para-hydroxylation sites is 1. The molecule has 10 aromatic rings. The molecule has 0 unspecified atom stereocenters. The topological polar surface area (TPSA) is 4.93 Å². The summed E-state index contributed by atoms with van der Waals surface area (Å²) in [5, 5.41) is 8.12. The van der Waals surface area contributed by atoms with Crippen LogP contribution in [-0.2, 0) is 12.8 Å². The van der Waals surface area contributed by atoms with Crippen molar-refractivity contribution < 1.29 is 0 Å². The number of aromatic nitrogens is 1. The predicted molar refractivity (Wildman–Crippen MR) is 225 cm³/mol. The maximum Gasteiger partial charge on any atom is 0.0543 e. The predicted octanol–water partition coefficient (Wildman–Crippen LogP) is 14.2. The number of hydrogen-bond donors (Lipinski definition) is 0. The SMILES string of the molecule is Cc1ccc2c(c1)sc1cc(CCc3ccc4c5ccc(C)cc5n(-c5ccccc5)c4c3)cc(-c3cc(C)cc4c3sc3ccc(C)cc34)c12. The molecule has 0 aliphatic heterocycles. The molecule has 3 aromatic heterocycles. The molecule has 0 amide bonds. The van der Waals surface area contributed by atoms with Crippen molar-refractivity contribution in [2.75, 3.05) is 0 Å². The lowest BCUT2D eigenvalue weighted by Gasteiger charge is -2.12. The van der Waals surface area contributed by atoms with Crippen molar-refractivity contribution in [1.29, 1.82) is 0 Å². The fraction of sp³-hybridized carbons (Fsp3) is 0.125. The van der Waals surface area contributed by atoms with Crippen molar-refractivity contribution in [2.45, 2.75) is 40.5 Å². The molecule has 0 aliphatic carbocycles. The molecular formula is C48H37NS2. The van der Waals surface area contributed by atoms with Gasteiger partial charge in [0.05, 0.1) is 11.0 Å². The Morgan fingerprint density at radius 1 is 0.431 bits per heavy atom. The van der Waals surface area contributed by atoms with Crippen LogP contribution >= 0.6 is 22.7 Å². The lowest BCUT2D eigenvalue weighted by molar-refractivity contribution is 0.964. The number of rotatable bonds is 5. The zero-order valence-corrected chi connectivity index (χ0v) is 30.9. The molecule has 0 bridgehead atoms. The molecule has 0 saturated heterocycles. The lowest BCUT2D eigenvalue weighted by atomic mass is 9.92. The summed E-state index contributed by atoms with van der Waals surface area (Å²) in [6.45, 7) is 8.84. The Labute approximate surface area is 306 Å². The van der Waals surface area contributed by atoms with Crippen LogP contribution < -0.4 is 0 Å². The fourth-order valence-electron chi connectivity index (χ4n) is 8.24. The van der Waals surface area contributed by atoms with Gasteiger partial charge in [0.2, 0.25) is 0 Å². The minimum absolute atomic E-state index is 0.978. The van der Waals surface area contributed by atoms with Crippen LogP contribution in [0.25, 0.3) is 79.0 Å². The van der Waals surface area contributed by atoms with Crippen LogP contribution in [0.1, 0.15) is 33.4 Å². The van der Waals surface area contributed by atoms with Crippen molar-refractivity contribution in [1.82, 2.24) is 4.57 Å². The van der Waals surface area contributed by atoms with Gasteiger partial charge in [-0.2, -0.15) is 0 Å². The third-order valence-electron chi connectivity index (χ3n) is 10.7. The highest BCUT2D eigenvalue weighted by Gasteiger charge is 2.19. The highest BCUT2D eigenvalue weighted by Crippen LogP contribution is 2.47. The quantitative estimate of drug-likeness (QED) is 0.169. The third-order valence-corrected chi connectivity index (χ3v) is 13.0.